The summed E-state index contributed by atoms with van der Waals surface area (Å²) in [5.74, 6) is -0.596. The second-order valence-corrected chi connectivity index (χ2v) is 6.19. The molecule has 4 nitrogen and oxygen atoms in total. The number of hydrogen-bond donors (Lipinski definition) is 0. The van der Waals surface area contributed by atoms with Crippen molar-refractivity contribution in [3.05, 3.63) is 35.9 Å². The smallest absolute Gasteiger partial charge is 0.190 e. The van der Waals surface area contributed by atoms with E-state index in [2.05, 4.69) is 19.1 Å². The number of hydrogen-bond acceptors (Lipinski definition) is 4. The van der Waals surface area contributed by atoms with Gasteiger partial charge in [-0.2, -0.15) is 0 Å². The first kappa shape index (κ1) is 15.0. The molecule has 4 heteroatoms. The van der Waals surface area contributed by atoms with Crippen LogP contribution >= 0.6 is 0 Å². The zero-order valence-electron chi connectivity index (χ0n) is 13.0. The van der Waals surface area contributed by atoms with Crippen LogP contribution in [0.1, 0.15) is 39.2 Å². The lowest BCUT2D eigenvalue weighted by atomic mass is 10.1. The molecule has 3 rings (SSSR count). The second kappa shape index (κ2) is 6.05. The Bertz CT molecular complexity index is 459. The fraction of sp³-hybridized carbons (Fsp3) is 0.647. The van der Waals surface area contributed by atoms with Gasteiger partial charge in [0.2, 0.25) is 0 Å². The minimum atomic E-state index is -0.596. The van der Waals surface area contributed by atoms with Crippen LogP contribution in [0.4, 0.5) is 0 Å². The lowest BCUT2D eigenvalue weighted by molar-refractivity contribution is -0.219. The molecule has 2 fully saturated rings. The summed E-state index contributed by atoms with van der Waals surface area (Å²) in [6, 6.07) is 10.2. The molecule has 2 aliphatic rings. The number of fused-ring (bicyclic) bond motifs is 1. The third kappa shape index (κ3) is 3.29. The Morgan fingerprint density at radius 2 is 1.90 bits per heavy atom. The first-order valence-electron chi connectivity index (χ1n) is 7.76. The van der Waals surface area contributed by atoms with Gasteiger partial charge in [-0.05, 0) is 25.8 Å². The third-order valence-corrected chi connectivity index (χ3v) is 3.95. The van der Waals surface area contributed by atoms with E-state index < -0.39 is 5.79 Å². The summed E-state index contributed by atoms with van der Waals surface area (Å²) in [7, 11) is 0. The van der Waals surface area contributed by atoms with Crippen LogP contribution in [-0.4, -0.2) is 30.4 Å². The van der Waals surface area contributed by atoms with E-state index in [4.69, 9.17) is 18.9 Å². The van der Waals surface area contributed by atoms with Crippen LogP contribution in [0.2, 0.25) is 0 Å². The summed E-state index contributed by atoms with van der Waals surface area (Å²) in [6.07, 6.45) is 1.54. The van der Waals surface area contributed by atoms with E-state index in [1.807, 2.05) is 32.0 Å². The zero-order valence-corrected chi connectivity index (χ0v) is 13.0. The maximum Gasteiger partial charge on any atom is 0.190 e. The lowest BCUT2D eigenvalue weighted by Gasteiger charge is -2.25. The van der Waals surface area contributed by atoms with Gasteiger partial charge in [0, 0.05) is 0 Å². The lowest BCUT2D eigenvalue weighted by Crippen LogP contribution is -2.36. The highest BCUT2D eigenvalue weighted by molar-refractivity contribution is 5.13. The molecule has 0 aromatic heterocycles. The standard InChI is InChI=1S/C17H24O4/c1-4-8-13-14(18-11-12-9-6-5-7-10-12)15-16(19-13)21-17(2,3)20-15/h5-7,9-10,13-16H,4,8,11H2,1-3H3/t13-,14-,15-,16-/m1/s1. The van der Waals surface area contributed by atoms with Crippen molar-refractivity contribution < 1.29 is 18.9 Å². The first-order valence-corrected chi connectivity index (χ1v) is 7.76. The van der Waals surface area contributed by atoms with Gasteiger partial charge < -0.3 is 18.9 Å². The zero-order chi connectivity index (χ0) is 14.9. The van der Waals surface area contributed by atoms with Crippen molar-refractivity contribution in [1.82, 2.24) is 0 Å². The van der Waals surface area contributed by atoms with Gasteiger partial charge in [0.1, 0.15) is 12.2 Å². The van der Waals surface area contributed by atoms with Gasteiger partial charge >= 0.3 is 0 Å². The molecule has 0 saturated carbocycles. The van der Waals surface area contributed by atoms with Gasteiger partial charge in [0.25, 0.3) is 0 Å². The summed E-state index contributed by atoms with van der Waals surface area (Å²) in [5.41, 5.74) is 1.16. The Morgan fingerprint density at radius 3 is 2.62 bits per heavy atom. The molecule has 0 radical (unpaired) electrons. The fourth-order valence-corrected chi connectivity index (χ4v) is 3.03. The van der Waals surface area contributed by atoms with Crippen molar-refractivity contribution >= 4 is 0 Å². The van der Waals surface area contributed by atoms with Gasteiger partial charge in [-0.3, -0.25) is 0 Å². The molecule has 1 aromatic carbocycles. The Morgan fingerprint density at radius 1 is 1.14 bits per heavy atom. The summed E-state index contributed by atoms with van der Waals surface area (Å²) in [5, 5.41) is 0. The molecular weight excluding hydrogens is 268 g/mol. The average Bonchev–Trinajstić information content (AvgIpc) is 2.90. The van der Waals surface area contributed by atoms with Crippen molar-refractivity contribution in [1.29, 1.82) is 0 Å². The Kier molecular flexibility index (Phi) is 4.31. The second-order valence-electron chi connectivity index (χ2n) is 6.19. The predicted octanol–water partition coefficient (Wildman–Crippen LogP) is 3.25. The largest absolute Gasteiger partial charge is 0.368 e. The molecule has 4 atom stereocenters. The molecule has 2 heterocycles. The minimum Gasteiger partial charge on any atom is -0.368 e. The van der Waals surface area contributed by atoms with Gasteiger partial charge in [-0.15, -0.1) is 0 Å². The molecule has 116 valence electrons. The van der Waals surface area contributed by atoms with E-state index in [0.717, 1.165) is 18.4 Å². The maximum absolute atomic E-state index is 6.13. The highest BCUT2D eigenvalue weighted by Gasteiger charge is 2.54. The van der Waals surface area contributed by atoms with Crippen LogP contribution < -0.4 is 0 Å². The van der Waals surface area contributed by atoms with Crippen LogP contribution in [-0.2, 0) is 25.6 Å². The monoisotopic (exact) mass is 292 g/mol. The van der Waals surface area contributed by atoms with E-state index in [9.17, 15) is 0 Å². The molecule has 0 amide bonds. The highest BCUT2D eigenvalue weighted by atomic mass is 16.8. The fourth-order valence-electron chi connectivity index (χ4n) is 3.03. The summed E-state index contributed by atoms with van der Waals surface area (Å²) < 4.78 is 23.9. The Labute approximate surface area is 126 Å². The number of ether oxygens (including phenoxy) is 4. The quantitative estimate of drug-likeness (QED) is 0.835. The van der Waals surface area contributed by atoms with Gasteiger partial charge in [0.05, 0.1) is 12.7 Å². The van der Waals surface area contributed by atoms with Crippen LogP contribution in [0.3, 0.4) is 0 Å². The molecule has 0 aliphatic carbocycles. The van der Waals surface area contributed by atoms with Crippen molar-refractivity contribution in [2.75, 3.05) is 0 Å². The normalized spacial score (nSPS) is 34.0. The predicted molar refractivity (Wildman–Crippen MR) is 78.6 cm³/mol. The molecule has 0 unspecified atom stereocenters. The molecular formula is C17H24O4. The summed E-state index contributed by atoms with van der Waals surface area (Å²) >= 11 is 0. The van der Waals surface area contributed by atoms with Gasteiger partial charge in [-0.1, -0.05) is 43.7 Å². The van der Waals surface area contributed by atoms with Gasteiger partial charge in [-0.25, -0.2) is 0 Å². The number of rotatable bonds is 5. The molecule has 0 bridgehead atoms. The molecule has 21 heavy (non-hydrogen) atoms. The molecule has 0 N–H and O–H groups in total. The molecule has 2 saturated heterocycles. The van der Waals surface area contributed by atoms with E-state index in [1.54, 1.807) is 0 Å². The van der Waals surface area contributed by atoms with Crippen LogP contribution in [0.25, 0.3) is 0 Å². The van der Waals surface area contributed by atoms with Crippen molar-refractivity contribution in [2.24, 2.45) is 0 Å². The van der Waals surface area contributed by atoms with E-state index in [1.165, 1.54) is 0 Å². The summed E-state index contributed by atoms with van der Waals surface area (Å²) in [6.45, 7) is 6.55. The maximum atomic E-state index is 6.13. The topological polar surface area (TPSA) is 36.9 Å². The highest BCUT2D eigenvalue weighted by Crippen LogP contribution is 2.40. The van der Waals surface area contributed by atoms with E-state index >= 15 is 0 Å². The van der Waals surface area contributed by atoms with Crippen molar-refractivity contribution in [2.45, 2.75) is 70.6 Å². The van der Waals surface area contributed by atoms with E-state index in [-0.39, 0.29) is 24.6 Å². The minimum absolute atomic E-state index is 0.0461. The summed E-state index contributed by atoms with van der Waals surface area (Å²) in [4.78, 5) is 0. The van der Waals surface area contributed by atoms with Gasteiger partial charge in [0.15, 0.2) is 12.1 Å². The molecule has 1 aromatic rings. The number of benzene rings is 1. The first-order chi connectivity index (χ1) is 10.1. The SMILES string of the molecule is CCC[C@H]1O[C@@H]2OC(C)(C)O[C@@H]2[C@@H]1OCc1ccccc1. The van der Waals surface area contributed by atoms with Crippen molar-refractivity contribution in [3.63, 3.8) is 0 Å². The van der Waals surface area contributed by atoms with Crippen LogP contribution in [0.15, 0.2) is 30.3 Å². The third-order valence-electron chi connectivity index (χ3n) is 3.95. The Balaban J connectivity index is 1.67. The van der Waals surface area contributed by atoms with Crippen molar-refractivity contribution in [3.8, 4) is 0 Å². The average molecular weight is 292 g/mol. The molecule has 0 spiro atoms. The Hall–Kier alpha value is -0.940. The van der Waals surface area contributed by atoms with Crippen LogP contribution in [0, 0.1) is 0 Å². The van der Waals surface area contributed by atoms with E-state index in [0.29, 0.717) is 6.61 Å². The molecule has 2 aliphatic heterocycles. The van der Waals surface area contributed by atoms with Crippen LogP contribution in [0.5, 0.6) is 0 Å².